The Bertz CT molecular complexity index is 904. The summed E-state index contributed by atoms with van der Waals surface area (Å²) in [7, 11) is 0. The Hall–Kier alpha value is -2.41. The van der Waals surface area contributed by atoms with E-state index in [1.807, 2.05) is 0 Å². The fraction of sp³-hybridized carbons (Fsp3) is 0.235. The highest BCUT2D eigenvalue weighted by atomic mass is 79.9. The van der Waals surface area contributed by atoms with Gasteiger partial charge in [-0.1, -0.05) is 0 Å². The number of Topliss-reactive ketones (excluding diaryl/α,β-unsaturated/α-hetero) is 1. The van der Waals surface area contributed by atoms with Crippen LogP contribution < -0.4 is 15.6 Å². The third-order valence-electron chi connectivity index (χ3n) is 3.78. The lowest BCUT2D eigenvalue weighted by Crippen LogP contribution is -2.34. The van der Waals surface area contributed by atoms with Gasteiger partial charge in [0, 0.05) is 21.8 Å². The molecule has 1 aromatic heterocycles. The van der Waals surface area contributed by atoms with Gasteiger partial charge in [0.05, 0.1) is 12.2 Å². The molecule has 2 heterocycles. The van der Waals surface area contributed by atoms with Crippen molar-refractivity contribution >= 4 is 33.3 Å². The number of carbonyl (C=O) groups excluding carboxylic acids is 2. The molecular weight excluding hydrogens is 376 g/mol. The number of amides is 1. The predicted octanol–water partition coefficient (Wildman–Crippen LogP) is 2.52. The molecule has 0 radical (unpaired) electrons. The summed E-state index contributed by atoms with van der Waals surface area (Å²) < 4.78 is 7.55. The van der Waals surface area contributed by atoms with E-state index < -0.39 is 6.10 Å². The van der Waals surface area contributed by atoms with Crippen molar-refractivity contribution in [1.29, 1.82) is 0 Å². The maximum absolute atomic E-state index is 12.5. The summed E-state index contributed by atoms with van der Waals surface area (Å²) in [6.45, 7) is 3.27. The standard InChI is InChI=1S/C17H15BrN2O4/c1-9-5-12(18)7-20(17(9)23)8-14(21)11-3-4-15-13(6-11)19-16(22)10(2)24-15/h3-7,10H,8H2,1-2H3,(H,19,22). The molecular formula is C17H15BrN2O4. The van der Waals surface area contributed by atoms with Crippen LogP contribution in [0.3, 0.4) is 0 Å². The van der Waals surface area contributed by atoms with Gasteiger partial charge in [0.15, 0.2) is 11.9 Å². The summed E-state index contributed by atoms with van der Waals surface area (Å²) in [4.78, 5) is 36.3. The first-order valence-corrected chi connectivity index (χ1v) is 8.16. The van der Waals surface area contributed by atoms with Crippen molar-refractivity contribution in [3.63, 3.8) is 0 Å². The van der Waals surface area contributed by atoms with Crippen LogP contribution in [0.5, 0.6) is 5.75 Å². The molecule has 0 spiro atoms. The van der Waals surface area contributed by atoms with Crippen LogP contribution in [0.1, 0.15) is 22.8 Å². The molecule has 7 heteroatoms. The third kappa shape index (κ3) is 3.12. The lowest BCUT2D eigenvalue weighted by Gasteiger charge is -2.23. The van der Waals surface area contributed by atoms with E-state index in [0.29, 0.717) is 22.6 Å². The highest BCUT2D eigenvalue weighted by molar-refractivity contribution is 9.10. The largest absolute Gasteiger partial charge is 0.479 e. The van der Waals surface area contributed by atoms with Crippen molar-refractivity contribution in [3.8, 4) is 5.75 Å². The van der Waals surface area contributed by atoms with Gasteiger partial charge in [-0.2, -0.15) is 0 Å². The number of fused-ring (bicyclic) bond motifs is 1. The number of hydrogen-bond donors (Lipinski definition) is 1. The van der Waals surface area contributed by atoms with Crippen LogP contribution >= 0.6 is 15.9 Å². The van der Waals surface area contributed by atoms with Crippen molar-refractivity contribution in [2.75, 3.05) is 5.32 Å². The first-order chi connectivity index (χ1) is 11.3. The SMILES string of the molecule is Cc1cc(Br)cn(CC(=O)c2ccc3c(c2)NC(=O)C(C)O3)c1=O. The van der Waals surface area contributed by atoms with E-state index in [1.54, 1.807) is 44.3 Å². The predicted molar refractivity (Wildman–Crippen MR) is 92.6 cm³/mol. The number of halogens is 1. The molecule has 0 saturated heterocycles. The van der Waals surface area contributed by atoms with Crippen LogP contribution in [0, 0.1) is 6.92 Å². The minimum absolute atomic E-state index is 0.0803. The minimum atomic E-state index is -0.567. The van der Waals surface area contributed by atoms with Gasteiger partial charge in [0.25, 0.3) is 11.5 Å². The molecule has 0 fully saturated rings. The summed E-state index contributed by atoms with van der Waals surface area (Å²) >= 11 is 3.32. The summed E-state index contributed by atoms with van der Waals surface area (Å²) in [5.74, 6) is 0.0327. The van der Waals surface area contributed by atoms with Crippen molar-refractivity contribution in [2.45, 2.75) is 26.5 Å². The van der Waals surface area contributed by atoms with Gasteiger partial charge in [-0.25, -0.2) is 0 Å². The second kappa shape index (κ2) is 6.24. The van der Waals surface area contributed by atoms with Gasteiger partial charge in [-0.05, 0) is 54.0 Å². The van der Waals surface area contributed by atoms with Crippen molar-refractivity contribution in [2.24, 2.45) is 0 Å². The second-order valence-electron chi connectivity index (χ2n) is 5.66. The maximum Gasteiger partial charge on any atom is 0.265 e. The molecule has 0 aliphatic carbocycles. The van der Waals surface area contributed by atoms with Crippen LogP contribution in [-0.4, -0.2) is 22.4 Å². The zero-order chi connectivity index (χ0) is 17.4. The number of hydrogen-bond acceptors (Lipinski definition) is 4. The van der Waals surface area contributed by atoms with Crippen LogP contribution in [0.25, 0.3) is 0 Å². The number of nitrogens with one attached hydrogen (secondary N) is 1. The number of carbonyl (C=O) groups is 2. The number of anilines is 1. The van der Waals surface area contributed by atoms with Gasteiger partial charge >= 0.3 is 0 Å². The molecule has 24 heavy (non-hydrogen) atoms. The lowest BCUT2D eigenvalue weighted by molar-refractivity contribution is -0.122. The number of ketones is 1. The summed E-state index contributed by atoms with van der Waals surface area (Å²) in [5.41, 5.74) is 1.20. The molecule has 6 nitrogen and oxygen atoms in total. The van der Waals surface area contributed by atoms with Crippen LogP contribution in [0.4, 0.5) is 5.69 Å². The number of aryl methyl sites for hydroxylation is 1. The zero-order valence-electron chi connectivity index (χ0n) is 13.1. The van der Waals surface area contributed by atoms with Crippen molar-refractivity contribution in [3.05, 3.63) is 56.4 Å². The van der Waals surface area contributed by atoms with E-state index >= 15 is 0 Å². The van der Waals surface area contributed by atoms with Gasteiger partial charge in [0.1, 0.15) is 5.75 Å². The van der Waals surface area contributed by atoms with Gasteiger partial charge in [0.2, 0.25) is 0 Å². The number of aromatic nitrogens is 1. The molecule has 1 aliphatic heterocycles. The highest BCUT2D eigenvalue weighted by Gasteiger charge is 2.24. The van der Waals surface area contributed by atoms with E-state index in [0.717, 1.165) is 4.47 Å². The number of ether oxygens (including phenoxy) is 1. The maximum atomic E-state index is 12.5. The molecule has 1 aliphatic rings. The molecule has 1 amide bonds. The second-order valence-corrected chi connectivity index (χ2v) is 6.57. The van der Waals surface area contributed by atoms with Crippen LogP contribution in [0.2, 0.25) is 0 Å². The average Bonchev–Trinajstić information content (AvgIpc) is 2.52. The van der Waals surface area contributed by atoms with Gasteiger partial charge < -0.3 is 14.6 Å². The van der Waals surface area contributed by atoms with E-state index in [9.17, 15) is 14.4 Å². The fourth-order valence-corrected chi connectivity index (χ4v) is 3.08. The first kappa shape index (κ1) is 16.4. The van der Waals surface area contributed by atoms with Crippen molar-refractivity contribution in [1.82, 2.24) is 4.57 Å². The minimum Gasteiger partial charge on any atom is -0.479 e. The Morgan fingerprint density at radius 2 is 2.08 bits per heavy atom. The van der Waals surface area contributed by atoms with E-state index in [2.05, 4.69) is 21.2 Å². The summed E-state index contributed by atoms with van der Waals surface area (Å²) in [5, 5.41) is 2.71. The first-order valence-electron chi connectivity index (χ1n) is 7.36. The third-order valence-corrected chi connectivity index (χ3v) is 4.21. The van der Waals surface area contributed by atoms with Gasteiger partial charge in [-0.3, -0.25) is 14.4 Å². The number of benzene rings is 1. The molecule has 2 aromatic rings. The smallest absolute Gasteiger partial charge is 0.265 e. The molecule has 124 valence electrons. The fourth-order valence-electron chi connectivity index (χ4n) is 2.49. The Labute approximate surface area is 146 Å². The van der Waals surface area contributed by atoms with Crippen LogP contribution in [-0.2, 0) is 11.3 Å². The topological polar surface area (TPSA) is 77.4 Å². The number of rotatable bonds is 3. The van der Waals surface area contributed by atoms with Crippen molar-refractivity contribution < 1.29 is 14.3 Å². The number of nitrogens with zero attached hydrogens (tertiary/aromatic N) is 1. The van der Waals surface area contributed by atoms with E-state index in [-0.39, 0.29) is 23.8 Å². The Kier molecular flexibility index (Phi) is 4.28. The molecule has 0 bridgehead atoms. The Morgan fingerprint density at radius 3 is 2.83 bits per heavy atom. The Balaban J connectivity index is 1.88. The molecule has 3 rings (SSSR count). The van der Waals surface area contributed by atoms with Crippen LogP contribution in [0.15, 0.2) is 39.7 Å². The summed E-state index contributed by atoms with van der Waals surface area (Å²) in [6.07, 6.45) is 1.01. The Morgan fingerprint density at radius 1 is 1.33 bits per heavy atom. The monoisotopic (exact) mass is 390 g/mol. The normalized spacial score (nSPS) is 16.1. The molecule has 1 unspecified atom stereocenters. The van der Waals surface area contributed by atoms with E-state index in [1.165, 1.54) is 4.57 Å². The average molecular weight is 391 g/mol. The summed E-state index contributed by atoms with van der Waals surface area (Å²) in [6, 6.07) is 6.54. The zero-order valence-corrected chi connectivity index (χ0v) is 14.7. The van der Waals surface area contributed by atoms with E-state index in [4.69, 9.17) is 4.74 Å². The molecule has 1 aromatic carbocycles. The lowest BCUT2D eigenvalue weighted by atomic mass is 10.1. The molecule has 1 atom stereocenters. The molecule has 0 saturated carbocycles. The quantitative estimate of drug-likeness (QED) is 0.816. The van der Waals surface area contributed by atoms with Gasteiger partial charge in [-0.15, -0.1) is 0 Å². The molecule has 1 N–H and O–H groups in total. The number of pyridine rings is 1. The highest BCUT2D eigenvalue weighted by Crippen LogP contribution is 2.30.